The molecule has 0 heterocycles. The fourth-order valence-corrected chi connectivity index (χ4v) is 2.01. The number of aliphatic carboxylic acids is 1. The summed E-state index contributed by atoms with van der Waals surface area (Å²) in [6.07, 6.45) is 0. The first-order valence-electron chi connectivity index (χ1n) is 5.92. The quantitative estimate of drug-likeness (QED) is 0.851. The summed E-state index contributed by atoms with van der Waals surface area (Å²) >= 11 is 3.02. The van der Waals surface area contributed by atoms with Crippen molar-refractivity contribution in [3.8, 4) is 0 Å². The molecule has 1 aromatic carbocycles. The molecule has 0 atom stereocenters. The molecular formula is C13H16BrFN2O3. The van der Waals surface area contributed by atoms with E-state index in [-0.39, 0.29) is 16.6 Å². The first-order chi connectivity index (χ1) is 9.32. The molecule has 110 valence electrons. The Bertz CT molecular complexity index is 508. The van der Waals surface area contributed by atoms with E-state index in [1.54, 1.807) is 0 Å². The zero-order chi connectivity index (χ0) is 15.3. The van der Waals surface area contributed by atoms with Crippen molar-refractivity contribution in [2.24, 2.45) is 0 Å². The SMILES string of the molecule is CN(C)CCN(CC(=O)O)C(=O)c1cccc(F)c1Br. The number of rotatable bonds is 6. The number of hydrogen-bond acceptors (Lipinski definition) is 3. The van der Waals surface area contributed by atoms with Crippen molar-refractivity contribution in [1.29, 1.82) is 0 Å². The summed E-state index contributed by atoms with van der Waals surface area (Å²) in [7, 11) is 3.64. The molecule has 0 radical (unpaired) electrons. The van der Waals surface area contributed by atoms with E-state index in [0.717, 1.165) is 0 Å². The zero-order valence-corrected chi connectivity index (χ0v) is 12.9. The lowest BCUT2D eigenvalue weighted by molar-refractivity contribution is -0.137. The number of carbonyl (C=O) groups excluding carboxylic acids is 1. The third kappa shape index (κ3) is 4.57. The van der Waals surface area contributed by atoms with Crippen LogP contribution in [0.25, 0.3) is 0 Å². The van der Waals surface area contributed by atoms with E-state index in [4.69, 9.17) is 5.11 Å². The fraction of sp³-hybridized carbons (Fsp3) is 0.385. The molecule has 0 saturated carbocycles. The van der Waals surface area contributed by atoms with Gasteiger partial charge < -0.3 is 14.9 Å². The van der Waals surface area contributed by atoms with Gasteiger partial charge in [-0.15, -0.1) is 0 Å². The fourth-order valence-electron chi connectivity index (χ4n) is 1.58. The molecule has 1 rings (SSSR count). The van der Waals surface area contributed by atoms with Crippen LogP contribution in [0, 0.1) is 5.82 Å². The number of likely N-dealkylation sites (N-methyl/N-ethyl adjacent to an activating group) is 1. The standard InChI is InChI=1S/C13H16BrFN2O3/c1-16(2)6-7-17(8-11(18)19)13(20)9-4-3-5-10(15)12(9)14/h3-5H,6-8H2,1-2H3,(H,18,19). The lowest BCUT2D eigenvalue weighted by Gasteiger charge is -2.23. The highest BCUT2D eigenvalue weighted by Gasteiger charge is 2.21. The van der Waals surface area contributed by atoms with E-state index >= 15 is 0 Å². The van der Waals surface area contributed by atoms with Crippen molar-refractivity contribution in [3.05, 3.63) is 34.1 Å². The van der Waals surface area contributed by atoms with Crippen molar-refractivity contribution in [2.45, 2.75) is 0 Å². The van der Waals surface area contributed by atoms with Crippen LogP contribution in [0.3, 0.4) is 0 Å². The van der Waals surface area contributed by atoms with Crippen LogP contribution in [-0.2, 0) is 4.79 Å². The summed E-state index contributed by atoms with van der Waals surface area (Å²) in [5.41, 5.74) is 0.116. The second kappa shape index (κ2) is 7.35. The number of carbonyl (C=O) groups is 2. The average molecular weight is 347 g/mol. The largest absolute Gasteiger partial charge is 0.480 e. The summed E-state index contributed by atoms with van der Waals surface area (Å²) in [6.45, 7) is 0.350. The van der Waals surface area contributed by atoms with Gasteiger partial charge in [0.05, 0.1) is 10.0 Å². The number of carboxylic acids is 1. The van der Waals surface area contributed by atoms with E-state index in [0.29, 0.717) is 6.54 Å². The normalized spacial score (nSPS) is 10.7. The molecule has 0 spiro atoms. The molecule has 0 aromatic heterocycles. The minimum atomic E-state index is -1.11. The van der Waals surface area contributed by atoms with Gasteiger partial charge in [-0.2, -0.15) is 0 Å². The molecule has 0 unspecified atom stereocenters. The Morgan fingerprint density at radius 1 is 1.30 bits per heavy atom. The van der Waals surface area contributed by atoms with Crippen molar-refractivity contribution >= 4 is 27.8 Å². The van der Waals surface area contributed by atoms with Crippen molar-refractivity contribution < 1.29 is 19.1 Å². The zero-order valence-electron chi connectivity index (χ0n) is 11.3. The number of hydrogen-bond donors (Lipinski definition) is 1. The van der Waals surface area contributed by atoms with Crippen LogP contribution in [0.2, 0.25) is 0 Å². The van der Waals surface area contributed by atoms with Gasteiger partial charge in [0.25, 0.3) is 5.91 Å². The highest BCUT2D eigenvalue weighted by molar-refractivity contribution is 9.10. The third-order valence-electron chi connectivity index (χ3n) is 2.61. The summed E-state index contributed by atoms with van der Waals surface area (Å²) in [5, 5.41) is 8.88. The summed E-state index contributed by atoms with van der Waals surface area (Å²) < 4.78 is 13.5. The van der Waals surface area contributed by atoms with Crippen molar-refractivity contribution in [3.63, 3.8) is 0 Å². The lowest BCUT2D eigenvalue weighted by Crippen LogP contribution is -2.40. The van der Waals surface area contributed by atoms with E-state index in [2.05, 4.69) is 15.9 Å². The Balaban J connectivity index is 2.97. The average Bonchev–Trinajstić information content (AvgIpc) is 2.36. The summed E-state index contributed by atoms with van der Waals surface area (Å²) in [4.78, 5) is 26.2. The van der Waals surface area contributed by atoms with Gasteiger partial charge in [-0.05, 0) is 42.2 Å². The molecule has 0 aliphatic carbocycles. The van der Waals surface area contributed by atoms with Gasteiger partial charge in [0.1, 0.15) is 12.4 Å². The van der Waals surface area contributed by atoms with Gasteiger partial charge in [-0.1, -0.05) is 6.07 Å². The molecular weight excluding hydrogens is 331 g/mol. The highest BCUT2D eigenvalue weighted by atomic mass is 79.9. The van der Waals surface area contributed by atoms with Gasteiger partial charge in [-0.25, -0.2) is 4.39 Å². The lowest BCUT2D eigenvalue weighted by atomic mass is 10.2. The smallest absolute Gasteiger partial charge is 0.323 e. The van der Waals surface area contributed by atoms with Crippen LogP contribution < -0.4 is 0 Å². The van der Waals surface area contributed by atoms with Crippen LogP contribution in [-0.4, -0.2) is 60.5 Å². The second-order valence-electron chi connectivity index (χ2n) is 4.53. The molecule has 20 heavy (non-hydrogen) atoms. The number of nitrogens with zero attached hydrogens (tertiary/aromatic N) is 2. The first-order valence-corrected chi connectivity index (χ1v) is 6.72. The van der Waals surface area contributed by atoms with Gasteiger partial charge in [-0.3, -0.25) is 9.59 Å². The number of amides is 1. The van der Waals surface area contributed by atoms with Crippen LogP contribution in [0.15, 0.2) is 22.7 Å². The Morgan fingerprint density at radius 2 is 1.95 bits per heavy atom. The van der Waals surface area contributed by atoms with Crippen LogP contribution in [0.5, 0.6) is 0 Å². The number of benzene rings is 1. The molecule has 7 heteroatoms. The van der Waals surface area contributed by atoms with E-state index in [1.807, 2.05) is 19.0 Å². The molecule has 0 aliphatic rings. The maximum atomic E-state index is 13.4. The van der Waals surface area contributed by atoms with Crippen molar-refractivity contribution in [1.82, 2.24) is 9.80 Å². The van der Waals surface area contributed by atoms with Gasteiger partial charge in [0, 0.05) is 13.1 Å². The van der Waals surface area contributed by atoms with Gasteiger partial charge >= 0.3 is 5.97 Å². The van der Waals surface area contributed by atoms with E-state index in [9.17, 15) is 14.0 Å². The molecule has 0 saturated heterocycles. The third-order valence-corrected chi connectivity index (χ3v) is 3.42. The van der Waals surface area contributed by atoms with E-state index < -0.39 is 24.2 Å². The summed E-state index contributed by atoms with van der Waals surface area (Å²) in [5.74, 6) is -2.18. The molecule has 0 fully saturated rings. The molecule has 1 amide bonds. The molecule has 5 nitrogen and oxygen atoms in total. The minimum absolute atomic E-state index is 0.0465. The van der Waals surface area contributed by atoms with Crippen molar-refractivity contribution in [2.75, 3.05) is 33.7 Å². The predicted molar refractivity (Wildman–Crippen MR) is 76.2 cm³/mol. The Labute approximate surface area is 125 Å². The predicted octanol–water partition coefficient (Wildman–Crippen LogP) is 1.68. The number of halogens is 2. The van der Waals surface area contributed by atoms with Crippen LogP contribution in [0.4, 0.5) is 4.39 Å². The van der Waals surface area contributed by atoms with Gasteiger partial charge in [0.15, 0.2) is 0 Å². The van der Waals surface area contributed by atoms with Gasteiger partial charge in [0.2, 0.25) is 0 Å². The Kier molecular flexibility index (Phi) is 6.09. The second-order valence-corrected chi connectivity index (χ2v) is 5.32. The Morgan fingerprint density at radius 3 is 2.50 bits per heavy atom. The first kappa shape index (κ1) is 16.6. The highest BCUT2D eigenvalue weighted by Crippen LogP contribution is 2.21. The maximum absolute atomic E-state index is 13.4. The van der Waals surface area contributed by atoms with Crippen LogP contribution >= 0.6 is 15.9 Å². The van der Waals surface area contributed by atoms with Crippen LogP contribution in [0.1, 0.15) is 10.4 Å². The maximum Gasteiger partial charge on any atom is 0.323 e. The summed E-state index contributed by atoms with van der Waals surface area (Å²) in [6, 6.07) is 4.10. The molecule has 1 aromatic rings. The number of carboxylic acid groups (broad SMARTS) is 1. The monoisotopic (exact) mass is 346 g/mol. The molecule has 0 aliphatic heterocycles. The molecule has 0 bridgehead atoms. The Hall–Kier alpha value is -1.47. The minimum Gasteiger partial charge on any atom is -0.480 e. The van der Waals surface area contributed by atoms with E-state index in [1.165, 1.54) is 23.1 Å². The molecule has 1 N–H and O–H groups in total. The topological polar surface area (TPSA) is 60.9 Å².